The van der Waals surface area contributed by atoms with E-state index in [9.17, 15) is 4.79 Å². The van der Waals surface area contributed by atoms with E-state index < -0.39 is 0 Å². The van der Waals surface area contributed by atoms with Gasteiger partial charge in [0, 0.05) is 44.8 Å². The number of aromatic nitrogens is 3. The molecule has 7 nitrogen and oxygen atoms in total. The van der Waals surface area contributed by atoms with Crippen molar-refractivity contribution < 1.29 is 4.79 Å². The molecule has 0 saturated carbocycles. The van der Waals surface area contributed by atoms with Gasteiger partial charge in [0.1, 0.15) is 0 Å². The first-order chi connectivity index (χ1) is 13.2. The maximum Gasteiger partial charge on any atom is 0.257 e. The molecular formula is C20H22N6O. The quantitative estimate of drug-likeness (QED) is 0.771. The number of benzene rings is 1. The highest BCUT2D eigenvalue weighted by molar-refractivity contribution is 6.05. The van der Waals surface area contributed by atoms with Gasteiger partial charge in [-0.25, -0.2) is 9.67 Å². The number of pyridine rings is 1. The Balaban J connectivity index is 1.50. The lowest BCUT2D eigenvalue weighted by atomic mass is 10.2. The predicted octanol–water partition coefficient (Wildman–Crippen LogP) is 2.27. The van der Waals surface area contributed by atoms with Crippen LogP contribution in [-0.2, 0) is 0 Å². The smallest absolute Gasteiger partial charge is 0.257 e. The van der Waals surface area contributed by atoms with E-state index in [-0.39, 0.29) is 5.91 Å². The molecule has 1 saturated heterocycles. The summed E-state index contributed by atoms with van der Waals surface area (Å²) in [6.45, 7) is 3.93. The fraction of sp³-hybridized carbons (Fsp3) is 0.250. The SMILES string of the molecule is CN1CCN(c2ccccc2NC(=O)c2ccc(-n3cccn3)nc2)CC1. The Morgan fingerprint density at radius 2 is 1.85 bits per heavy atom. The van der Waals surface area contributed by atoms with E-state index in [1.165, 1.54) is 0 Å². The van der Waals surface area contributed by atoms with E-state index in [2.05, 4.69) is 38.3 Å². The van der Waals surface area contributed by atoms with Crippen LogP contribution in [0.1, 0.15) is 10.4 Å². The average Bonchev–Trinajstić information content (AvgIpc) is 3.24. The van der Waals surface area contributed by atoms with Crippen LogP contribution in [0.3, 0.4) is 0 Å². The van der Waals surface area contributed by atoms with E-state index >= 15 is 0 Å². The summed E-state index contributed by atoms with van der Waals surface area (Å²) in [5.41, 5.74) is 2.39. The second-order valence-corrected chi connectivity index (χ2v) is 6.62. The van der Waals surface area contributed by atoms with Gasteiger partial charge in [-0.1, -0.05) is 12.1 Å². The van der Waals surface area contributed by atoms with Crippen LogP contribution in [0, 0.1) is 0 Å². The molecule has 0 unspecified atom stereocenters. The van der Waals surface area contributed by atoms with E-state index in [4.69, 9.17) is 0 Å². The monoisotopic (exact) mass is 362 g/mol. The Kier molecular flexibility index (Phi) is 4.84. The first-order valence-corrected chi connectivity index (χ1v) is 9.01. The molecule has 7 heteroatoms. The van der Waals surface area contributed by atoms with Gasteiger partial charge in [-0.3, -0.25) is 4.79 Å². The summed E-state index contributed by atoms with van der Waals surface area (Å²) in [5, 5.41) is 7.18. The Morgan fingerprint density at radius 3 is 2.56 bits per heavy atom. The van der Waals surface area contributed by atoms with Crippen molar-refractivity contribution >= 4 is 17.3 Å². The zero-order valence-electron chi connectivity index (χ0n) is 15.2. The second-order valence-electron chi connectivity index (χ2n) is 6.62. The molecule has 1 N–H and O–H groups in total. The van der Waals surface area contributed by atoms with E-state index in [0.717, 1.165) is 37.6 Å². The number of carbonyl (C=O) groups excluding carboxylic acids is 1. The largest absolute Gasteiger partial charge is 0.367 e. The fourth-order valence-corrected chi connectivity index (χ4v) is 3.16. The Morgan fingerprint density at radius 1 is 1.04 bits per heavy atom. The number of anilines is 2. The van der Waals surface area contributed by atoms with Crippen molar-refractivity contribution in [2.75, 3.05) is 43.4 Å². The minimum absolute atomic E-state index is 0.170. The number of hydrogen-bond donors (Lipinski definition) is 1. The van der Waals surface area contributed by atoms with Crippen LogP contribution in [0.15, 0.2) is 61.1 Å². The molecule has 2 aromatic heterocycles. The molecule has 0 radical (unpaired) electrons. The summed E-state index contributed by atoms with van der Waals surface area (Å²) in [6, 6.07) is 13.3. The minimum atomic E-state index is -0.170. The summed E-state index contributed by atoms with van der Waals surface area (Å²) in [6.07, 6.45) is 5.08. The molecule has 138 valence electrons. The van der Waals surface area contributed by atoms with Gasteiger partial charge < -0.3 is 15.1 Å². The first-order valence-electron chi connectivity index (χ1n) is 9.01. The van der Waals surface area contributed by atoms with Gasteiger partial charge in [0.05, 0.1) is 16.9 Å². The van der Waals surface area contributed by atoms with Crippen LogP contribution >= 0.6 is 0 Å². The van der Waals surface area contributed by atoms with Crippen molar-refractivity contribution in [3.63, 3.8) is 0 Å². The number of amides is 1. The van der Waals surface area contributed by atoms with Crippen molar-refractivity contribution in [1.29, 1.82) is 0 Å². The Hall–Kier alpha value is -3.19. The van der Waals surface area contributed by atoms with Crippen molar-refractivity contribution in [3.05, 3.63) is 66.6 Å². The molecule has 1 aromatic carbocycles. The van der Waals surface area contributed by atoms with Crippen LogP contribution in [-0.4, -0.2) is 58.8 Å². The van der Waals surface area contributed by atoms with Crippen molar-refractivity contribution in [2.24, 2.45) is 0 Å². The topological polar surface area (TPSA) is 66.3 Å². The third-order valence-electron chi connectivity index (χ3n) is 4.75. The molecule has 4 rings (SSSR count). The standard InChI is InChI=1S/C20H22N6O/c1-24-11-13-25(14-12-24)18-6-3-2-5-17(18)23-20(27)16-7-8-19(21-15-16)26-10-4-9-22-26/h2-10,15H,11-14H2,1H3,(H,23,27). The molecular weight excluding hydrogens is 340 g/mol. The highest BCUT2D eigenvalue weighted by atomic mass is 16.1. The zero-order valence-corrected chi connectivity index (χ0v) is 15.2. The number of nitrogens with one attached hydrogen (secondary N) is 1. The highest BCUT2D eigenvalue weighted by Crippen LogP contribution is 2.27. The third-order valence-corrected chi connectivity index (χ3v) is 4.75. The number of para-hydroxylation sites is 2. The summed E-state index contributed by atoms with van der Waals surface area (Å²) >= 11 is 0. The molecule has 1 aliphatic rings. The van der Waals surface area contributed by atoms with Crippen molar-refractivity contribution in [2.45, 2.75) is 0 Å². The first kappa shape index (κ1) is 17.2. The maximum absolute atomic E-state index is 12.7. The number of carbonyl (C=O) groups is 1. The summed E-state index contributed by atoms with van der Waals surface area (Å²) in [7, 11) is 2.13. The van der Waals surface area contributed by atoms with Gasteiger partial charge in [-0.15, -0.1) is 0 Å². The van der Waals surface area contributed by atoms with Gasteiger partial charge >= 0.3 is 0 Å². The maximum atomic E-state index is 12.7. The van der Waals surface area contributed by atoms with Crippen molar-refractivity contribution in [3.8, 4) is 5.82 Å². The van der Waals surface area contributed by atoms with Crippen LogP contribution in [0.25, 0.3) is 5.82 Å². The van der Waals surface area contributed by atoms with Crippen LogP contribution in [0.5, 0.6) is 0 Å². The Bertz CT molecular complexity index is 898. The van der Waals surface area contributed by atoms with E-state index in [1.807, 2.05) is 30.5 Å². The number of nitrogens with zero attached hydrogens (tertiary/aromatic N) is 5. The second kappa shape index (κ2) is 7.59. The molecule has 1 amide bonds. The molecule has 0 aliphatic carbocycles. The van der Waals surface area contributed by atoms with E-state index in [1.54, 1.807) is 29.2 Å². The lowest BCUT2D eigenvalue weighted by Crippen LogP contribution is -2.44. The summed E-state index contributed by atoms with van der Waals surface area (Å²) in [4.78, 5) is 21.7. The normalized spacial score (nSPS) is 14.9. The van der Waals surface area contributed by atoms with Gasteiger partial charge in [0.25, 0.3) is 5.91 Å². The molecule has 1 aliphatic heterocycles. The van der Waals surface area contributed by atoms with Crippen LogP contribution in [0.2, 0.25) is 0 Å². The number of likely N-dealkylation sites (N-methyl/N-ethyl adjacent to an activating group) is 1. The molecule has 3 heterocycles. The average molecular weight is 362 g/mol. The number of piperazine rings is 1. The molecule has 0 spiro atoms. The molecule has 3 aromatic rings. The van der Waals surface area contributed by atoms with Gasteiger partial charge in [0.2, 0.25) is 0 Å². The van der Waals surface area contributed by atoms with Gasteiger partial charge in [0.15, 0.2) is 5.82 Å². The minimum Gasteiger partial charge on any atom is -0.367 e. The molecule has 27 heavy (non-hydrogen) atoms. The van der Waals surface area contributed by atoms with Crippen molar-refractivity contribution in [1.82, 2.24) is 19.7 Å². The van der Waals surface area contributed by atoms with E-state index in [0.29, 0.717) is 11.4 Å². The summed E-state index contributed by atoms with van der Waals surface area (Å²) < 4.78 is 1.66. The number of rotatable bonds is 4. The lowest BCUT2D eigenvalue weighted by Gasteiger charge is -2.35. The Labute approximate surface area is 158 Å². The molecule has 0 bridgehead atoms. The van der Waals surface area contributed by atoms with Gasteiger partial charge in [-0.2, -0.15) is 5.10 Å². The molecule has 1 fully saturated rings. The number of hydrogen-bond acceptors (Lipinski definition) is 5. The molecule has 0 atom stereocenters. The lowest BCUT2D eigenvalue weighted by molar-refractivity contribution is 0.102. The summed E-state index contributed by atoms with van der Waals surface area (Å²) in [5.74, 6) is 0.505. The predicted molar refractivity (Wildman–Crippen MR) is 105 cm³/mol. The third kappa shape index (κ3) is 3.83. The highest BCUT2D eigenvalue weighted by Gasteiger charge is 2.18. The fourth-order valence-electron chi connectivity index (χ4n) is 3.16. The van der Waals surface area contributed by atoms with Crippen LogP contribution in [0.4, 0.5) is 11.4 Å². The van der Waals surface area contributed by atoms with Gasteiger partial charge in [-0.05, 0) is 37.4 Å². The van der Waals surface area contributed by atoms with Crippen LogP contribution < -0.4 is 10.2 Å². The zero-order chi connectivity index (χ0) is 18.6.